The third-order valence-electron chi connectivity index (χ3n) is 1.70. The minimum absolute atomic E-state index is 0.457. The van der Waals surface area contributed by atoms with E-state index in [1.165, 1.54) is 6.08 Å². The molecule has 1 nitrogen and oxygen atoms in total. The van der Waals surface area contributed by atoms with Crippen LogP contribution < -0.4 is 0 Å². The van der Waals surface area contributed by atoms with Crippen LogP contribution in [-0.4, -0.2) is 5.24 Å². The van der Waals surface area contributed by atoms with Gasteiger partial charge in [0.1, 0.15) is 0 Å². The Balaban J connectivity index is 3.09. The smallest absolute Gasteiger partial charge is 0.245 e. The van der Waals surface area contributed by atoms with Crippen molar-refractivity contribution in [2.24, 2.45) is 0 Å². The Morgan fingerprint density at radius 2 is 2.00 bits per heavy atom. The van der Waals surface area contributed by atoms with Crippen LogP contribution >= 0.6 is 43.5 Å². The van der Waals surface area contributed by atoms with E-state index in [1.54, 1.807) is 0 Å². The van der Waals surface area contributed by atoms with Gasteiger partial charge in [0.05, 0.1) is 0 Å². The van der Waals surface area contributed by atoms with Crippen LogP contribution in [0.3, 0.4) is 0 Å². The molecular weight excluding hydrogens is 331 g/mol. The van der Waals surface area contributed by atoms with Crippen LogP contribution in [0.25, 0.3) is 5.57 Å². The molecule has 0 aromatic heterocycles. The van der Waals surface area contributed by atoms with Gasteiger partial charge in [0.25, 0.3) is 0 Å². The van der Waals surface area contributed by atoms with Gasteiger partial charge in [-0.25, -0.2) is 0 Å². The fourth-order valence-corrected chi connectivity index (χ4v) is 1.78. The van der Waals surface area contributed by atoms with Crippen molar-refractivity contribution in [3.05, 3.63) is 38.8 Å². The SMILES string of the molecule is CC(=CC(=O)Cl)c1ccc(Br)c(Br)c1. The molecule has 1 aromatic rings. The quantitative estimate of drug-likeness (QED) is 0.578. The van der Waals surface area contributed by atoms with Crippen LogP contribution in [0, 0.1) is 0 Å². The molecule has 0 atom stereocenters. The lowest BCUT2D eigenvalue weighted by atomic mass is 10.1. The van der Waals surface area contributed by atoms with E-state index in [1.807, 2.05) is 25.1 Å². The number of benzene rings is 1. The van der Waals surface area contributed by atoms with E-state index in [2.05, 4.69) is 31.9 Å². The number of allylic oxidation sites excluding steroid dienone is 2. The highest BCUT2D eigenvalue weighted by molar-refractivity contribution is 9.13. The van der Waals surface area contributed by atoms with Crippen molar-refractivity contribution < 1.29 is 4.79 Å². The van der Waals surface area contributed by atoms with Crippen molar-refractivity contribution in [3.63, 3.8) is 0 Å². The van der Waals surface area contributed by atoms with Gasteiger partial charge in [-0.1, -0.05) is 6.07 Å². The first-order valence-electron chi connectivity index (χ1n) is 3.84. The van der Waals surface area contributed by atoms with Crippen molar-refractivity contribution in [1.82, 2.24) is 0 Å². The predicted octanol–water partition coefficient (Wildman–Crippen LogP) is 4.38. The van der Waals surface area contributed by atoms with Gasteiger partial charge in [-0.15, -0.1) is 0 Å². The average molecular weight is 338 g/mol. The molecule has 0 aliphatic carbocycles. The van der Waals surface area contributed by atoms with E-state index in [9.17, 15) is 4.79 Å². The molecule has 1 rings (SSSR count). The van der Waals surface area contributed by atoms with Gasteiger partial charge in [0.15, 0.2) is 0 Å². The standard InChI is InChI=1S/C10H7Br2ClO/c1-6(4-10(13)14)7-2-3-8(11)9(12)5-7/h2-5H,1H3. The van der Waals surface area contributed by atoms with Crippen LogP contribution in [-0.2, 0) is 4.79 Å². The average Bonchev–Trinajstić information content (AvgIpc) is 2.08. The number of hydrogen-bond donors (Lipinski definition) is 0. The van der Waals surface area contributed by atoms with E-state index in [0.717, 1.165) is 20.1 Å². The Labute approximate surface area is 104 Å². The predicted molar refractivity (Wildman–Crippen MR) is 66.4 cm³/mol. The summed E-state index contributed by atoms with van der Waals surface area (Å²) in [5.41, 5.74) is 1.81. The topological polar surface area (TPSA) is 17.1 Å². The van der Waals surface area contributed by atoms with Gasteiger partial charge < -0.3 is 0 Å². The summed E-state index contributed by atoms with van der Waals surface area (Å²) >= 11 is 12.0. The Hall–Kier alpha value is -0.120. The molecule has 74 valence electrons. The first-order chi connectivity index (χ1) is 6.50. The lowest BCUT2D eigenvalue weighted by Crippen LogP contribution is -1.84. The Bertz CT molecular complexity index is 399. The molecule has 14 heavy (non-hydrogen) atoms. The molecule has 0 heterocycles. The molecule has 0 amide bonds. The zero-order valence-corrected chi connectivity index (χ0v) is 11.3. The Morgan fingerprint density at radius 3 is 2.50 bits per heavy atom. The number of halogens is 3. The van der Waals surface area contributed by atoms with Crippen molar-refractivity contribution in [2.75, 3.05) is 0 Å². The molecule has 0 saturated heterocycles. The normalized spacial score (nSPS) is 11.6. The van der Waals surface area contributed by atoms with Crippen LogP contribution in [0.15, 0.2) is 33.2 Å². The van der Waals surface area contributed by atoms with Gasteiger partial charge in [0, 0.05) is 15.0 Å². The fourth-order valence-electron chi connectivity index (χ4n) is 0.995. The summed E-state index contributed by atoms with van der Waals surface area (Å²) in [6.07, 6.45) is 1.40. The molecule has 0 fully saturated rings. The first-order valence-corrected chi connectivity index (χ1v) is 5.80. The van der Waals surface area contributed by atoms with E-state index in [-0.39, 0.29) is 0 Å². The zero-order valence-electron chi connectivity index (χ0n) is 7.35. The number of rotatable bonds is 2. The van der Waals surface area contributed by atoms with Gasteiger partial charge in [-0.3, -0.25) is 4.79 Å². The largest absolute Gasteiger partial charge is 0.276 e. The van der Waals surface area contributed by atoms with Gasteiger partial charge >= 0.3 is 0 Å². The second-order valence-electron chi connectivity index (χ2n) is 2.76. The summed E-state index contributed by atoms with van der Waals surface area (Å²) in [7, 11) is 0. The molecule has 0 unspecified atom stereocenters. The first kappa shape index (κ1) is 12.0. The lowest BCUT2D eigenvalue weighted by Gasteiger charge is -2.02. The second kappa shape index (κ2) is 5.10. The fraction of sp³-hybridized carbons (Fsp3) is 0.100. The molecule has 0 aliphatic rings. The van der Waals surface area contributed by atoms with E-state index in [0.29, 0.717) is 0 Å². The van der Waals surface area contributed by atoms with Crippen LogP contribution in [0.5, 0.6) is 0 Å². The number of carbonyl (C=O) groups is 1. The van der Waals surface area contributed by atoms with Gasteiger partial charge in [-0.05, 0) is 73.7 Å². The minimum atomic E-state index is -0.457. The Morgan fingerprint density at radius 1 is 1.36 bits per heavy atom. The summed E-state index contributed by atoms with van der Waals surface area (Å²) in [5.74, 6) is 0. The monoisotopic (exact) mass is 336 g/mol. The summed E-state index contributed by atoms with van der Waals surface area (Å²) < 4.78 is 1.93. The molecule has 0 bridgehead atoms. The van der Waals surface area contributed by atoms with Gasteiger partial charge in [-0.2, -0.15) is 0 Å². The number of hydrogen-bond acceptors (Lipinski definition) is 1. The highest BCUT2D eigenvalue weighted by Gasteiger charge is 2.01. The zero-order chi connectivity index (χ0) is 10.7. The van der Waals surface area contributed by atoms with Crippen LogP contribution in [0.1, 0.15) is 12.5 Å². The summed E-state index contributed by atoms with van der Waals surface area (Å²) in [5, 5.41) is -0.457. The number of carbonyl (C=O) groups excluding carboxylic acids is 1. The van der Waals surface area contributed by atoms with Gasteiger partial charge in [0.2, 0.25) is 5.24 Å². The summed E-state index contributed by atoms with van der Waals surface area (Å²) in [6, 6.07) is 5.76. The molecule has 0 radical (unpaired) electrons. The second-order valence-corrected chi connectivity index (χ2v) is 4.84. The van der Waals surface area contributed by atoms with Crippen molar-refractivity contribution >= 4 is 54.3 Å². The third kappa shape index (κ3) is 3.23. The maximum absolute atomic E-state index is 10.6. The maximum atomic E-state index is 10.6. The lowest BCUT2D eigenvalue weighted by molar-refractivity contribution is -0.107. The molecule has 4 heteroatoms. The third-order valence-corrected chi connectivity index (χ3v) is 3.69. The van der Waals surface area contributed by atoms with Crippen LogP contribution in [0.4, 0.5) is 0 Å². The molecular formula is C10H7Br2ClO. The summed E-state index contributed by atoms with van der Waals surface area (Å²) in [6.45, 7) is 1.84. The highest BCUT2D eigenvalue weighted by atomic mass is 79.9. The molecule has 1 aromatic carbocycles. The highest BCUT2D eigenvalue weighted by Crippen LogP contribution is 2.26. The summed E-state index contributed by atoms with van der Waals surface area (Å²) in [4.78, 5) is 10.6. The molecule has 0 N–H and O–H groups in total. The van der Waals surface area contributed by atoms with Crippen molar-refractivity contribution in [2.45, 2.75) is 6.92 Å². The van der Waals surface area contributed by atoms with E-state index in [4.69, 9.17) is 11.6 Å². The van der Waals surface area contributed by atoms with Crippen molar-refractivity contribution in [1.29, 1.82) is 0 Å². The van der Waals surface area contributed by atoms with E-state index < -0.39 is 5.24 Å². The molecule has 0 aliphatic heterocycles. The molecule has 0 saturated carbocycles. The maximum Gasteiger partial charge on any atom is 0.245 e. The minimum Gasteiger partial charge on any atom is -0.276 e. The Kier molecular flexibility index (Phi) is 4.35. The van der Waals surface area contributed by atoms with Crippen LogP contribution in [0.2, 0.25) is 0 Å². The van der Waals surface area contributed by atoms with E-state index >= 15 is 0 Å². The van der Waals surface area contributed by atoms with Crippen molar-refractivity contribution in [3.8, 4) is 0 Å². The molecule has 0 spiro atoms.